The number of nitrogens with one attached hydrogen (secondary N) is 2. The van der Waals surface area contributed by atoms with Crippen LogP contribution in [-0.2, 0) is 0 Å². The van der Waals surface area contributed by atoms with Crippen molar-refractivity contribution in [1.29, 1.82) is 0 Å². The number of ether oxygens (including phenoxy) is 2. The molecule has 31 heavy (non-hydrogen) atoms. The van der Waals surface area contributed by atoms with E-state index in [0.717, 1.165) is 11.3 Å². The van der Waals surface area contributed by atoms with Crippen molar-refractivity contribution < 1.29 is 14.3 Å². The van der Waals surface area contributed by atoms with Gasteiger partial charge in [0.15, 0.2) is 5.11 Å². The lowest BCUT2D eigenvalue weighted by molar-refractivity contribution is 0.0734. The van der Waals surface area contributed by atoms with E-state index < -0.39 is 5.97 Å². The summed E-state index contributed by atoms with van der Waals surface area (Å²) in [6, 6.07) is 20.9. The Morgan fingerprint density at radius 3 is 2.45 bits per heavy atom. The van der Waals surface area contributed by atoms with E-state index in [1.807, 2.05) is 19.1 Å². The standard InChI is InChI=1S/C23H20ClN3O3S/c1-2-29-20-12-8-17(9-13-20)22(28)30-21-10-6-16(7-11-21)15-25-27-23(31)26-19-5-3-4-18(24)14-19/h3-15H,2H2,1H3,(H2,26,27,31)/b25-15+. The molecule has 0 aromatic heterocycles. The lowest BCUT2D eigenvalue weighted by Gasteiger charge is -2.07. The van der Waals surface area contributed by atoms with E-state index >= 15 is 0 Å². The Labute approximate surface area is 190 Å². The minimum atomic E-state index is -0.441. The van der Waals surface area contributed by atoms with E-state index in [1.54, 1.807) is 66.9 Å². The maximum atomic E-state index is 12.3. The summed E-state index contributed by atoms with van der Waals surface area (Å²) in [5.74, 6) is 0.698. The number of carbonyl (C=O) groups excluding carboxylic acids is 1. The number of esters is 1. The minimum Gasteiger partial charge on any atom is -0.494 e. The molecular weight excluding hydrogens is 434 g/mol. The van der Waals surface area contributed by atoms with Gasteiger partial charge in [0.2, 0.25) is 0 Å². The third-order valence-corrected chi connectivity index (χ3v) is 4.38. The van der Waals surface area contributed by atoms with Crippen molar-refractivity contribution in [3.8, 4) is 11.5 Å². The average Bonchev–Trinajstić information content (AvgIpc) is 2.76. The van der Waals surface area contributed by atoms with Gasteiger partial charge in [0.05, 0.1) is 18.4 Å². The maximum absolute atomic E-state index is 12.3. The summed E-state index contributed by atoms with van der Waals surface area (Å²) in [5, 5.41) is 8.02. The number of hydrogen-bond donors (Lipinski definition) is 2. The van der Waals surface area contributed by atoms with Crippen LogP contribution >= 0.6 is 23.8 Å². The summed E-state index contributed by atoms with van der Waals surface area (Å²) in [5.41, 5.74) is 4.74. The molecule has 0 aliphatic rings. The number of anilines is 1. The van der Waals surface area contributed by atoms with E-state index in [9.17, 15) is 4.79 Å². The van der Waals surface area contributed by atoms with Gasteiger partial charge in [-0.2, -0.15) is 5.10 Å². The number of nitrogens with zero attached hydrogens (tertiary/aromatic N) is 1. The first-order chi connectivity index (χ1) is 15.0. The van der Waals surface area contributed by atoms with Gasteiger partial charge in [-0.3, -0.25) is 5.43 Å². The normalized spacial score (nSPS) is 10.5. The Morgan fingerprint density at radius 1 is 1.06 bits per heavy atom. The Balaban J connectivity index is 1.50. The molecule has 0 bridgehead atoms. The van der Waals surface area contributed by atoms with E-state index in [0.29, 0.717) is 33.8 Å². The highest BCUT2D eigenvalue weighted by Gasteiger charge is 2.08. The molecule has 0 unspecified atom stereocenters. The zero-order chi connectivity index (χ0) is 22.1. The molecular formula is C23H20ClN3O3S. The number of thiocarbonyl (C=S) groups is 1. The fourth-order valence-corrected chi connectivity index (χ4v) is 2.89. The molecule has 158 valence electrons. The van der Waals surface area contributed by atoms with Crippen molar-refractivity contribution in [2.75, 3.05) is 11.9 Å². The van der Waals surface area contributed by atoms with Crippen molar-refractivity contribution in [3.05, 3.63) is 88.9 Å². The first-order valence-corrected chi connectivity index (χ1v) is 10.2. The van der Waals surface area contributed by atoms with Gasteiger partial charge in [-0.05, 0) is 91.4 Å². The molecule has 0 aliphatic carbocycles. The van der Waals surface area contributed by atoms with Crippen molar-refractivity contribution in [1.82, 2.24) is 5.43 Å². The molecule has 0 fully saturated rings. The van der Waals surface area contributed by atoms with Gasteiger partial charge in [-0.25, -0.2) is 4.79 Å². The Hall–Kier alpha value is -3.42. The van der Waals surface area contributed by atoms with E-state index in [4.69, 9.17) is 33.3 Å². The quantitative estimate of drug-likeness (QED) is 0.167. The van der Waals surface area contributed by atoms with Crippen LogP contribution in [0.25, 0.3) is 0 Å². The second kappa shape index (κ2) is 11.1. The van der Waals surface area contributed by atoms with Gasteiger partial charge in [0.1, 0.15) is 11.5 Å². The van der Waals surface area contributed by atoms with Gasteiger partial charge in [0, 0.05) is 10.7 Å². The van der Waals surface area contributed by atoms with Crippen molar-refractivity contribution in [3.63, 3.8) is 0 Å². The van der Waals surface area contributed by atoms with E-state index in [1.165, 1.54) is 0 Å². The Morgan fingerprint density at radius 2 is 1.77 bits per heavy atom. The second-order valence-corrected chi connectivity index (χ2v) is 7.10. The monoisotopic (exact) mass is 453 g/mol. The molecule has 6 nitrogen and oxygen atoms in total. The van der Waals surface area contributed by atoms with Gasteiger partial charge in [-0.15, -0.1) is 0 Å². The highest BCUT2D eigenvalue weighted by Crippen LogP contribution is 2.17. The molecule has 2 N–H and O–H groups in total. The predicted molar refractivity (Wildman–Crippen MR) is 127 cm³/mol. The average molecular weight is 454 g/mol. The van der Waals surface area contributed by atoms with Crippen LogP contribution < -0.4 is 20.2 Å². The van der Waals surface area contributed by atoms with Gasteiger partial charge in [-0.1, -0.05) is 17.7 Å². The van der Waals surface area contributed by atoms with Crippen molar-refractivity contribution in [2.24, 2.45) is 5.10 Å². The zero-order valence-electron chi connectivity index (χ0n) is 16.7. The molecule has 0 heterocycles. The van der Waals surface area contributed by atoms with Gasteiger partial charge < -0.3 is 14.8 Å². The third kappa shape index (κ3) is 7.09. The number of hydrogen-bond acceptors (Lipinski definition) is 5. The van der Waals surface area contributed by atoms with Gasteiger partial charge in [0.25, 0.3) is 0 Å². The molecule has 0 saturated carbocycles. The van der Waals surface area contributed by atoms with Crippen LogP contribution in [0.1, 0.15) is 22.8 Å². The van der Waals surface area contributed by atoms with Crippen LogP contribution in [0.2, 0.25) is 5.02 Å². The highest BCUT2D eigenvalue weighted by molar-refractivity contribution is 7.80. The van der Waals surface area contributed by atoms with E-state index in [2.05, 4.69) is 15.8 Å². The SMILES string of the molecule is CCOc1ccc(C(=O)Oc2ccc(/C=N/NC(=S)Nc3cccc(Cl)c3)cc2)cc1. The first kappa shape index (κ1) is 22.3. The number of benzene rings is 3. The molecule has 8 heteroatoms. The molecule has 0 amide bonds. The van der Waals surface area contributed by atoms with Crippen LogP contribution in [0.4, 0.5) is 5.69 Å². The summed E-state index contributed by atoms with van der Waals surface area (Å²) in [7, 11) is 0. The van der Waals surface area contributed by atoms with Crippen LogP contribution in [0.5, 0.6) is 11.5 Å². The van der Waals surface area contributed by atoms with Crippen LogP contribution in [0, 0.1) is 0 Å². The fourth-order valence-electron chi connectivity index (χ4n) is 2.53. The number of carbonyl (C=O) groups is 1. The summed E-state index contributed by atoms with van der Waals surface area (Å²) in [6.45, 7) is 2.47. The molecule has 0 saturated heterocycles. The number of halogens is 1. The van der Waals surface area contributed by atoms with Gasteiger partial charge >= 0.3 is 5.97 Å². The lowest BCUT2D eigenvalue weighted by Crippen LogP contribution is -2.23. The second-order valence-electron chi connectivity index (χ2n) is 6.25. The molecule has 0 aliphatic heterocycles. The highest BCUT2D eigenvalue weighted by atomic mass is 35.5. The predicted octanol–water partition coefficient (Wildman–Crippen LogP) is 5.28. The minimum absolute atomic E-state index is 0.333. The van der Waals surface area contributed by atoms with Crippen LogP contribution in [-0.4, -0.2) is 23.9 Å². The zero-order valence-corrected chi connectivity index (χ0v) is 18.2. The Bertz CT molecular complexity index is 1070. The number of hydrazone groups is 1. The van der Waals surface area contributed by atoms with Crippen molar-refractivity contribution in [2.45, 2.75) is 6.92 Å². The number of rotatable bonds is 7. The fraction of sp³-hybridized carbons (Fsp3) is 0.0870. The molecule has 0 atom stereocenters. The maximum Gasteiger partial charge on any atom is 0.343 e. The molecule has 0 radical (unpaired) electrons. The topological polar surface area (TPSA) is 72.0 Å². The van der Waals surface area contributed by atoms with Crippen LogP contribution in [0.3, 0.4) is 0 Å². The molecule has 0 spiro atoms. The smallest absolute Gasteiger partial charge is 0.343 e. The summed E-state index contributed by atoms with van der Waals surface area (Å²) in [4.78, 5) is 12.3. The Kier molecular flexibility index (Phi) is 7.98. The summed E-state index contributed by atoms with van der Waals surface area (Å²) in [6.07, 6.45) is 1.60. The summed E-state index contributed by atoms with van der Waals surface area (Å²) >= 11 is 11.1. The molecule has 3 aromatic carbocycles. The molecule has 3 aromatic rings. The van der Waals surface area contributed by atoms with Crippen LogP contribution in [0.15, 0.2) is 77.9 Å². The summed E-state index contributed by atoms with van der Waals surface area (Å²) < 4.78 is 10.8. The molecule has 3 rings (SSSR count). The first-order valence-electron chi connectivity index (χ1n) is 9.44. The van der Waals surface area contributed by atoms with E-state index in [-0.39, 0.29) is 0 Å². The lowest BCUT2D eigenvalue weighted by atomic mass is 10.2. The third-order valence-electron chi connectivity index (χ3n) is 3.95. The largest absolute Gasteiger partial charge is 0.494 e. The van der Waals surface area contributed by atoms with Crippen molar-refractivity contribution >= 4 is 46.8 Å².